The molecule has 0 aromatic carbocycles. The Morgan fingerprint density at radius 1 is 1.21 bits per heavy atom. The third-order valence-corrected chi connectivity index (χ3v) is 3.38. The molecule has 0 atom stereocenters. The lowest BCUT2D eigenvalue weighted by atomic mass is 9.97. The summed E-state index contributed by atoms with van der Waals surface area (Å²) in [5.74, 6) is 1.31. The van der Waals surface area contributed by atoms with Gasteiger partial charge in [0.2, 0.25) is 0 Å². The summed E-state index contributed by atoms with van der Waals surface area (Å²) in [6.45, 7) is 2.95. The minimum atomic E-state index is 0.310. The van der Waals surface area contributed by atoms with Crippen LogP contribution in [-0.2, 0) is 4.79 Å². The van der Waals surface area contributed by atoms with E-state index in [9.17, 15) is 4.79 Å². The first-order chi connectivity index (χ1) is 6.79. The number of aliphatic hydroxyl groups excluding tert-OH is 1. The number of rotatable bonds is 4. The Hall–Kier alpha value is -0.410. The van der Waals surface area contributed by atoms with Crippen LogP contribution in [-0.4, -0.2) is 42.0 Å². The fourth-order valence-corrected chi connectivity index (χ4v) is 2.08. The van der Waals surface area contributed by atoms with Crippen LogP contribution in [0, 0.1) is 11.8 Å². The second kappa shape index (κ2) is 4.41. The summed E-state index contributed by atoms with van der Waals surface area (Å²) in [5, 5.41) is 8.97. The van der Waals surface area contributed by atoms with Crippen molar-refractivity contribution in [3.8, 4) is 0 Å². The molecule has 1 heterocycles. The van der Waals surface area contributed by atoms with Gasteiger partial charge in [-0.3, -0.25) is 9.69 Å². The van der Waals surface area contributed by atoms with Crippen molar-refractivity contribution in [2.75, 3.05) is 26.2 Å². The van der Waals surface area contributed by atoms with Crippen LogP contribution in [0.4, 0.5) is 0 Å². The molecular formula is C11H19NO2. The van der Waals surface area contributed by atoms with Crippen LogP contribution in [0.3, 0.4) is 0 Å². The first kappa shape index (κ1) is 10.1. The summed E-state index contributed by atoms with van der Waals surface area (Å²) in [6.07, 6.45) is 4.33. The first-order valence-corrected chi connectivity index (χ1v) is 5.65. The van der Waals surface area contributed by atoms with Crippen LogP contribution in [0.2, 0.25) is 0 Å². The second-order valence-corrected chi connectivity index (χ2v) is 4.64. The van der Waals surface area contributed by atoms with Gasteiger partial charge < -0.3 is 5.11 Å². The molecule has 1 N–H and O–H groups in total. The molecule has 0 spiro atoms. The Labute approximate surface area is 85.1 Å². The average molecular weight is 197 g/mol. The summed E-state index contributed by atoms with van der Waals surface area (Å²) in [7, 11) is 0. The molecule has 0 unspecified atom stereocenters. The van der Waals surface area contributed by atoms with E-state index in [0.717, 1.165) is 38.8 Å². The van der Waals surface area contributed by atoms with Crippen molar-refractivity contribution in [2.24, 2.45) is 11.8 Å². The van der Waals surface area contributed by atoms with Gasteiger partial charge in [-0.05, 0) is 44.7 Å². The Kier molecular flexibility index (Phi) is 3.19. The molecule has 1 saturated carbocycles. The van der Waals surface area contributed by atoms with Crippen LogP contribution in [0.1, 0.15) is 25.7 Å². The standard InChI is InChI=1S/C11H19NO2/c13-8-9-3-5-12(6-4-9)7-11(14)10-1-2-10/h9-10,13H,1-8H2. The van der Waals surface area contributed by atoms with Gasteiger partial charge in [-0.2, -0.15) is 0 Å². The Morgan fingerprint density at radius 3 is 2.36 bits per heavy atom. The molecule has 80 valence electrons. The van der Waals surface area contributed by atoms with E-state index in [2.05, 4.69) is 4.90 Å². The number of carbonyl (C=O) groups is 1. The van der Waals surface area contributed by atoms with Crippen molar-refractivity contribution in [1.29, 1.82) is 0 Å². The maximum Gasteiger partial charge on any atom is 0.149 e. The van der Waals surface area contributed by atoms with Crippen LogP contribution in [0.5, 0.6) is 0 Å². The topological polar surface area (TPSA) is 40.5 Å². The zero-order valence-electron chi connectivity index (χ0n) is 8.61. The fourth-order valence-electron chi connectivity index (χ4n) is 2.08. The lowest BCUT2D eigenvalue weighted by molar-refractivity contribution is -0.121. The van der Waals surface area contributed by atoms with Crippen molar-refractivity contribution in [3.05, 3.63) is 0 Å². The fraction of sp³-hybridized carbons (Fsp3) is 0.909. The monoisotopic (exact) mass is 197 g/mol. The maximum absolute atomic E-state index is 11.5. The number of hydrogen-bond donors (Lipinski definition) is 1. The normalized spacial score (nSPS) is 25.2. The van der Waals surface area contributed by atoms with E-state index in [1.807, 2.05) is 0 Å². The molecule has 0 radical (unpaired) electrons. The second-order valence-electron chi connectivity index (χ2n) is 4.64. The van der Waals surface area contributed by atoms with Crippen molar-refractivity contribution < 1.29 is 9.90 Å². The highest BCUT2D eigenvalue weighted by atomic mass is 16.3. The minimum Gasteiger partial charge on any atom is -0.396 e. The van der Waals surface area contributed by atoms with Crippen LogP contribution in [0.15, 0.2) is 0 Å². The third kappa shape index (κ3) is 2.55. The summed E-state index contributed by atoms with van der Waals surface area (Å²) >= 11 is 0. The van der Waals surface area contributed by atoms with Gasteiger partial charge in [0.05, 0.1) is 6.54 Å². The summed E-state index contributed by atoms with van der Waals surface area (Å²) < 4.78 is 0. The molecule has 0 aromatic heterocycles. The smallest absolute Gasteiger partial charge is 0.149 e. The SMILES string of the molecule is O=C(CN1CCC(CO)CC1)C1CC1. The minimum absolute atomic E-state index is 0.310. The van der Waals surface area contributed by atoms with E-state index in [-0.39, 0.29) is 0 Å². The van der Waals surface area contributed by atoms with Gasteiger partial charge in [0.1, 0.15) is 5.78 Å². The Balaban J connectivity index is 1.69. The van der Waals surface area contributed by atoms with Crippen LogP contribution >= 0.6 is 0 Å². The zero-order chi connectivity index (χ0) is 9.97. The molecule has 3 heteroatoms. The highest BCUT2D eigenvalue weighted by Gasteiger charge is 2.31. The van der Waals surface area contributed by atoms with Crippen LogP contribution < -0.4 is 0 Å². The van der Waals surface area contributed by atoms with Gasteiger partial charge in [-0.15, -0.1) is 0 Å². The number of piperidine rings is 1. The molecular weight excluding hydrogens is 178 g/mol. The van der Waals surface area contributed by atoms with Crippen LogP contribution in [0.25, 0.3) is 0 Å². The number of aliphatic hydroxyl groups is 1. The van der Waals surface area contributed by atoms with E-state index >= 15 is 0 Å². The van der Waals surface area contributed by atoms with Gasteiger partial charge >= 0.3 is 0 Å². The van der Waals surface area contributed by atoms with E-state index in [1.54, 1.807) is 0 Å². The molecule has 1 aliphatic carbocycles. The maximum atomic E-state index is 11.5. The number of hydrogen-bond acceptors (Lipinski definition) is 3. The van der Waals surface area contributed by atoms with E-state index in [0.29, 0.717) is 30.8 Å². The predicted molar refractivity (Wildman–Crippen MR) is 54.0 cm³/mol. The molecule has 3 nitrogen and oxygen atoms in total. The molecule has 14 heavy (non-hydrogen) atoms. The quantitative estimate of drug-likeness (QED) is 0.720. The highest BCUT2D eigenvalue weighted by molar-refractivity contribution is 5.84. The van der Waals surface area contributed by atoms with Gasteiger partial charge in [0.15, 0.2) is 0 Å². The number of likely N-dealkylation sites (tertiary alicyclic amines) is 1. The molecule has 1 saturated heterocycles. The molecule has 2 aliphatic rings. The molecule has 0 amide bonds. The van der Waals surface area contributed by atoms with Crippen molar-refractivity contribution in [3.63, 3.8) is 0 Å². The number of Topliss-reactive ketones (excluding diaryl/α,β-unsaturated/α-hetero) is 1. The van der Waals surface area contributed by atoms with E-state index < -0.39 is 0 Å². The molecule has 0 bridgehead atoms. The summed E-state index contributed by atoms with van der Waals surface area (Å²) in [5.41, 5.74) is 0. The largest absolute Gasteiger partial charge is 0.396 e. The molecule has 2 rings (SSSR count). The van der Waals surface area contributed by atoms with Crippen molar-refractivity contribution in [1.82, 2.24) is 4.90 Å². The predicted octanol–water partition coefficient (Wildman–Crippen LogP) is 0.670. The summed E-state index contributed by atoms with van der Waals surface area (Å²) in [6, 6.07) is 0. The zero-order valence-corrected chi connectivity index (χ0v) is 8.61. The molecule has 1 aliphatic heterocycles. The lowest BCUT2D eigenvalue weighted by Gasteiger charge is -2.30. The van der Waals surface area contributed by atoms with Gasteiger partial charge in [0.25, 0.3) is 0 Å². The number of carbonyl (C=O) groups excluding carboxylic acids is 1. The average Bonchev–Trinajstić information content (AvgIpc) is 3.02. The van der Waals surface area contributed by atoms with E-state index in [1.165, 1.54) is 0 Å². The Morgan fingerprint density at radius 2 is 1.86 bits per heavy atom. The van der Waals surface area contributed by atoms with Gasteiger partial charge in [0, 0.05) is 12.5 Å². The van der Waals surface area contributed by atoms with Gasteiger partial charge in [-0.1, -0.05) is 0 Å². The van der Waals surface area contributed by atoms with Gasteiger partial charge in [-0.25, -0.2) is 0 Å². The Bertz CT molecular complexity index is 205. The van der Waals surface area contributed by atoms with Crippen molar-refractivity contribution >= 4 is 5.78 Å². The highest BCUT2D eigenvalue weighted by Crippen LogP contribution is 2.30. The molecule has 2 fully saturated rings. The lowest BCUT2D eigenvalue weighted by Crippen LogP contribution is -2.38. The van der Waals surface area contributed by atoms with Crippen molar-refractivity contribution in [2.45, 2.75) is 25.7 Å². The number of ketones is 1. The number of nitrogens with zero attached hydrogens (tertiary/aromatic N) is 1. The molecule has 0 aromatic rings. The third-order valence-electron chi connectivity index (χ3n) is 3.38. The first-order valence-electron chi connectivity index (χ1n) is 5.65. The summed E-state index contributed by atoms with van der Waals surface area (Å²) in [4.78, 5) is 13.8. The van der Waals surface area contributed by atoms with E-state index in [4.69, 9.17) is 5.11 Å².